The molecular formula is C16H16N4O3. The molecule has 7 heteroatoms. The number of oxime groups is 1. The van der Waals surface area contributed by atoms with Crippen LogP contribution in [0.1, 0.15) is 22.8 Å². The number of guanidine groups is 1. The lowest BCUT2D eigenvalue weighted by Gasteiger charge is -2.06. The topological polar surface area (TPSA) is 123 Å². The molecule has 0 saturated carbocycles. The molecule has 0 atom stereocenters. The van der Waals surface area contributed by atoms with Gasteiger partial charge in [0.1, 0.15) is 5.75 Å². The molecule has 0 unspecified atom stereocenters. The number of carbonyl (C=O) groups is 1. The molecule has 0 aliphatic heterocycles. The van der Waals surface area contributed by atoms with E-state index in [0.29, 0.717) is 28.3 Å². The Labute approximate surface area is 132 Å². The largest absolute Gasteiger partial charge is 0.423 e. The van der Waals surface area contributed by atoms with Gasteiger partial charge in [0.2, 0.25) is 0 Å². The Bertz CT molecular complexity index is 763. The molecule has 0 aliphatic carbocycles. The van der Waals surface area contributed by atoms with Crippen molar-refractivity contribution >= 4 is 23.3 Å². The minimum absolute atomic E-state index is 0.0574. The van der Waals surface area contributed by atoms with E-state index in [1.54, 1.807) is 55.5 Å². The number of hydrogen-bond donors (Lipinski definition) is 3. The van der Waals surface area contributed by atoms with Crippen LogP contribution in [0, 0.1) is 0 Å². The van der Waals surface area contributed by atoms with Crippen LogP contribution in [0.3, 0.4) is 0 Å². The summed E-state index contributed by atoms with van der Waals surface area (Å²) in [7, 11) is 0. The molecule has 2 aromatic rings. The van der Waals surface area contributed by atoms with E-state index < -0.39 is 5.97 Å². The molecule has 0 aliphatic rings. The first kappa shape index (κ1) is 16.0. The lowest BCUT2D eigenvalue weighted by molar-refractivity contribution is 0.0735. The molecule has 0 radical (unpaired) electrons. The van der Waals surface area contributed by atoms with Crippen molar-refractivity contribution in [3.05, 3.63) is 59.7 Å². The molecule has 0 heterocycles. The molecule has 2 rings (SSSR count). The Morgan fingerprint density at radius 3 is 2.39 bits per heavy atom. The Morgan fingerprint density at radius 1 is 1.09 bits per heavy atom. The van der Waals surface area contributed by atoms with Gasteiger partial charge in [-0.15, -0.1) is 0 Å². The van der Waals surface area contributed by atoms with E-state index in [0.717, 1.165) is 0 Å². The summed E-state index contributed by atoms with van der Waals surface area (Å²) < 4.78 is 5.30. The molecule has 0 amide bonds. The minimum atomic E-state index is -0.517. The van der Waals surface area contributed by atoms with Gasteiger partial charge in [-0.05, 0) is 43.3 Å². The molecule has 0 bridgehead atoms. The summed E-state index contributed by atoms with van der Waals surface area (Å²) in [6.45, 7) is 1.64. The van der Waals surface area contributed by atoms with Gasteiger partial charge in [0.25, 0.3) is 0 Å². The highest BCUT2D eigenvalue weighted by molar-refractivity contribution is 5.99. The van der Waals surface area contributed by atoms with Crippen LogP contribution in [-0.2, 0) is 0 Å². The Morgan fingerprint density at radius 2 is 1.78 bits per heavy atom. The van der Waals surface area contributed by atoms with Gasteiger partial charge in [-0.25, -0.2) is 9.79 Å². The van der Waals surface area contributed by atoms with Gasteiger partial charge in [0.05, 0.1) is 17.0 Å². The average molecular weight is 312 g/mol. The zero-order valence-corrected chi connectivity index (χ0v) is 12.4. The first-order valence-electron chi connectivity index (χ1n) is 6.70. The fourth-order valence-corrected chi connectivity index (χ4v) is 1.83. The highest BCUT2D eigenvalue weighted by atomic mass is 16.5. The summed E-state index contributed by atoms with van der Waals surface area (Å²) in [6.07, 6.45) is 0. The van der Waals surface area contributed by atoms with Gasteiger partial charge in [-0.3, -0.25) is 0 Å². The van der Waals surface area contributed by atoms with Gasteiger partial charge >= 0.3 is 5.97 Å². The number of esters is 1. The molecule has 0 saturated heterocycles. The first-order chi connectivity index (χ1) is 11.0. The SMILES string of the molecule is CC(=NO)c1cccc(OC(=O)c2ccc(N=C(N)N)cc2)c1. The maximum atomic E-state index is 12.1. The number of ether oxygens (including phenoxy) is 1. The monoisotopic (exact) mass is 312 g/mol. The summed E-state index contributed by atoms with van der Waals surface area (Å²) in [5.41, 5.74) is 12.5. The fourth-order valence-electron chi connectivity index (χ4n) is 1.83. The van der Waals surface area contributed by atoms with Gasteiger partial charge in [0.15, 0.2) is 5.96 Å². The summed E-state index contributed by atoms with van der Waals surface area (Å²) in [5, 5.41) is 11.9. The maximum absolute atomic E-state index is 12.1. The van der Waals surface area contributed by atoms with Crippen LogP contribution in [0.2, 0.25) is 0 Å². The second-order valence-electron chi connectivity index (χ2n) is 4.69. The minimum Gasteiger partial charge on any atom is -0.423 e. The number of aliphatic imine (C=N–C) groups is 1. The quantitative estimate of drug-likeness (QED) is 0.199. The summed E-state index contributed by atoms with van der Waals surface area (Å²) in [6, 6.07) is 13.0. The van der Waals surface area contributed by atoms with Crippen molar-refractivity contribution in [2.45, 2.75) is 6.92 Å². The van der Waals surface area contributed by atoms with Gasteiger partial charge in [-0.2, -0.15) is 0 Å². The van der Waals surface area contributed by atoms with Crippen LogP contribution in [0.4, 0.5) is 5.69 Å². The van der Waals surface area contributed by atoms with Crippen LogP contribution in [-0.4, -0.2) is 22.8 Å². The molecule has 0 aromatic heterocycles. The Balaban J connectivity index is 2.14. The second-order valence-corrected chi connectivity index (χ2v) is 4.69. The summed E-state index contributed by atoms with van der Waals surface area (Å²) >= 11 is 0. The number of hydrogen-bond acceptors (Lipinski definition) is 5. The summed E-state index contributed by atoms with van der Waals surface area (Å²) in [5.74, 6) is -0.223. The van der Waals surface area contributed by atoms with Gasteiger partial charge in [0, 0.05) is 5.56 Å². The van der Waals surface area contributed by atoms with E-state index in [9.17, 15) is 4.79 Å². The highest BCUT2D eigenvalue weighted by Crippen LogP contribution is 2.18. The molecule has 0 spiro atoms. The summed E-state index contributed by atoms with van der Waals surface area (Å²) in [4.78, 5) is 16.0. The molecule has 23 heavy (non-hydrogen) atoms. The van der Waals surface area contributed by atoms with Crippen LogP contribution in [0.15, 0.2) is 58.7 Å². The first-order valence-corrected chi connectivity index (χ1v) is 6.70. The van der Waals surface area contributed by atoms with Crippen LogP contribution >= 0.6 is 0 Å². The van der Waals surface area contributed by atoms with Gasteiger partial charge < -0.3 is 21.4 Å². The molecule has 118 valence electrons. The smallest absolute Gasteiger partial charge is 0.343 e. The standard InChI is InChI=1S/C16H16N4O3/c1-10(20-22)12-3-2-4-14(9-12)23-15(21)11-5-7-13(8-6-11)19-16(17)18/h2-9,22H,1H3,(H4,17,18,19). The van der Waals surface area contributed by atoms with E-state index in [1.807, 2.05) is 0 Å². The van der Waals surface area contributed by atoms with Crippen LogP contribution in [0.5, 0.6) is 5.75 Å². The normalized spacial score (nSPS) is 10.9. The second kappa shape index (κ2) is 7.08. The Kier molecular flexibility index (Phi) is 4.93. The third kappa shape index (κ3) is 4.31. The molecule has 0 fully saturated rings. The van der Waals surface area contributed by atoms with Crippen molar-refractivity contribution in [2.24, 2.45) is 21.6 Å². The number of nitrogens with zero attached hydrogens (tertiary/aromatic N) is 2. The maximum Gasteiger partial charge on any atom is 0.343 e. The van der Waals surface area contributed by atoms with E-state index in [4.69, 9.17) is 21.4 Å². The van der Waals surface area contributed by atoms with E-state index in [-0.39, 0.29) is 5.96 Å². The zero-order chi connectivity index (χ0) is 16.8. The zero-order valence-electron chi connectivity index (χ0n) is 12.4. The van der Waals surface area contributed by atoms with Gasteiger partial charge in [-0.1, -0.05) is 17.3 Å². The van der Waals surface area contributed by atoms with E-state index in [1.165, 1.54) is 0 Å². The third-order valence-electron chi connectivity index (χ3n) is 2.97. The molecule has 7 nitrogen and oxygen atoms in total. The predicted octanol–water partition coefficient (Wildman–Crippen LogP) is 2.01. The predicted molar refractivity (Wildman–Crippen MR) is 87.3 cm³/mol. The van der Waals surface area contributed by atoms with Crippen molar-refractivity contribution in [3.63, 3.8) is 0 Å². The number of benzene rings is 2. The third-order valence-corrected chi connectivity index (χ3v) is 2.97. The van der Waals surface area contributed by atoms with E-state index >= 15 is 0 Å². The van der Waals surface area contributed by atoms with Crippen molar-refractivity contribution in [2.75, 3.05) is 0 Å². The van der Waals surface area contributed by atoms with Crippen LogP contribution < -0.4 is 16.2 Å². The van der Waals surface area contributed by atoms with E-state index in [2.05, 4.69) is 10.1 Å². The van der Waals surface area contributed by atoms with Crippen molar-refractivity contribution in [3.8, 4) is 5.75 Å². The van der Waals surface area contributed by atoms with Crippen molar-refractivity contribution in [1.29, 1.82) is 0 Å². The average Bonchev–Trinajstić information content (AvgIpc) is 2.54. The lowest BCUT2D eigenvalue weighted by atomic mass is 10.1. The number of rotatable bonds is 4. The Hall–Kier alpha value is -3.35. The van der Waals surface area contributed by atoms with Crippen molar-refractivity contribution in [1.82, 2.24) is 0 Å². The molecule has 2 aromatic carbocycles. The lowest BCUT2D eigenvalue weighted by Crippen LogP contribution is -2.21. The van der Waals surface area contributed by atoms with Crippen molar-refractivity contribution < 1.29 is 14.7 Å². The highest BCUT2D eigenvalue weighted by Gasteiger charge is 2.09. The fraction of sp³-hybridized carbons (Fsp3) is 0.0625. The van der Waals surface area contributed by atoms with Crippen LogP contribution in [0.25, 0.3) is 0 Å². The number of carbonyl (C=O) groups excluding carboxylic acids is 1. The molecule has 5 N–H and O–H groups in total. The molecular weight excluding hydrogens is 296 g/mol. The number of nitrogens with two attached hydrogens (primary N) is 2.